The first-order valence-electron chi connectivity index (χ1n) is 7.51. The van der Waals surface area contributed by atoms with E-state index in [2.05, 4.69) is 9.97 Å². The molecule has 0 saturated carbocycles. The van der Waals surface area contributed by atoms with E-state index in [-0.39, 0.29) is 11.8 Å². The lowest BCUT2D eigenvalue weighted by Crippen LogP contribution is -2.39. The van der Waals surface area contributed by atoms with Gasteiger partial charge in [0.2, 0.25) is 5.95 Å². The van der Waals surface area contributed by atoms with Gasteiger partial charge in [-0.05, 0) is 12.8 Å². The molecule has 2 saturated heterocycles. The highest BCUT2D eigenvalue weighted by Crippen LogP contribution is 2.22. The van der Waals surface area contributed by atoms with Gasteiger partial charge in [-0.1, -0.05) is 0 Å². The van der Waals surface area contributed by atoms with Crippen LogP contribution in [0.4, 0.5) is 11.8 Å². The Bertz CT molecular complexity index is 540. The van der Waals surface area contributed by atoms with Crippen LogP contribution < -0.4 is 9.80 Å². The highest BCUT2D eigenvalue weighted by molar-refractivity contribution is 5.86. The molecule has 2 aliphatic heterocycles. The van der Waals surface area contributed by atoms with Crippen LogP contribution in [-0.4, -0.2) is 71.6 Å². The summed E-state index contributed by atoms with van der Waals surface area (Å²) >= 11 is 0. The third-order valence-electron chi connectivity index (χ3n) is 4.00. The van der Waals surface area contributed by atoms with Crippen molar-refractivity contribution < 1.29 is 19.7 Å². The number of anilines is 2. The molecule has 0 radical (unpaired) electrons. The van der Waals surface area contributed by atoms with Gasteiger partial charge in [0.1, 0.15) is 5.82 Å². The van der Waals surface area contributed by atoms with E-state index in [1.54, 1.807) is 0 Å². The predicted octanol–water partition coefficient (Wildman–Crippen LogP) is -0.0275. The van der Waals surface area contributed by atoms with E-state index in [4.69, 9.17) is 4.74 Å². The lowest BCUT2D eigenvalue weighted by atomic mass is 10.1. The Labute approximate surface area is 128 Å². The van der Waals surface area contributed by atoms with Crippen molar-refractivity contribution in [3.05, 3.63) is 11.8 Å². The number of aromatic carboxylic acids is 1. The highest BCUT2D eigenvalue weighted by Gasteiger charge is 2.23. The maximum atomic E-state index is 11.3. The molecule has 3 heterocycles. The number of hydrogen-bond acceptors (Lipinski definition) is 7. The third-order valence-corrected chi connectivity index (χ3v) is 4.00. The fourth-order valence-electron chi connectivity index (χ4n) is 2.69. The van der Waals surface area contributed by atoms with Crippen LogP contribution in [0.15, 0.2) is 6.07 Å². The Morgan fingerprint density at radius 3 is 2.45 bits per heavy atom. The van der Waals surface area contributed by atoms with Crippen LogP contribution in [0.25, 0.3) is 0 Å². The number of ether oxygens (including phenoxy) is 1. The summed E-state index contributed by atoms with van der Waals surface area (Å²) in [6, 6.07) is 1.50. The summed E-state index contributed by atoms with van der Waals surface area (Å²) in [5, 5.41) is 18.9. The van der Waals surface area contributed by atoms with Crippen LogP contribution in [0.2, 0.25) is 0 Å². The smallest absolute Gasteiger partial charge is 0.354 e. The van der Waals surface area contributed by atoms with Gasteiger partial charge < -0.3 is 24.7 Å². The van der Waals surface area contributed by atoms with Crippen LogP contribution in [0.5, 0.6) is 0 Å². The van der Waals surface area contributed by atoms with Crippen molar-refractivity contribution in [2.24, 2.45) is 0 Å². The maximum absolute atomic E-state index is 11.3. The molecule has 0 spiro atoms. The molecular weight excluding hydrogens is 288 g/mol. The largest absolute Gasteiger partial charge is 0.477 e. The summed E-state index contributed by atoms with van der Waals surface area (Å²) in [6.45, 7) is 3.82. The van der Waals surface area contributed by atoms with Gasteiger partial charge in [-0.3, -0.25) is 0 Å². The molecule has 0 atom stereocenters. The average molecular weight is 308 g/mol. The van der Waals surface area contributed by atoms with Crippen molar-refractivity contribution in [3.63, 3.8) is 0 Å². The summed E-state index contributed by atoms with van der Waals surface area (Å²) in [5.74, 6) is -0.0136. The van der Waals surface area contributed by atoms with E-state index in [9.17, 15) is 15.0 Å². The number of nitrogens with zero attached hydrogens (tertiary/aromatic N) is 4. The average Bonchev–Trinajstić information content (AvgIpc) is 2.56. The summed E-state index contributed by atoms with van der Waals surface area (Å²) in [6.07, 6.45) is 1.05. The summed E-state index contributed by atoms with van der Waals surface area (Å²) in [5.41, 5.74) is -0.00221. The molecule has 0 bridgehead atoms. The number of carboxylic acids is 1. The number of rotatable bonds is 3. The van der Waals surface area contributed by atoms with Crippen molar-refractivity contribution >= 4 is 17.7 Å². The summed E-state index contributed by atoms with van der Waals surface area (Å²) < 4.78 is 5.31. The fraction of sp³-hybridized carbons (Fsp3) is 0.643. The standard InChI is InChI=1S/C14H20N4O4/c19-10-1-3-17(4-2-10)12-9-11(13(20)21)15-14(16-12)18-5-7-22-8-6-18/h9-10,19H,1-8H2,(H,20,21). The molecule has 0 aromatic carbocycles. The molecule has 1 aromatic rings. The minimum Gasteiger partial charge on any atom is -0.477 e. The number of aliphatic hydroxyl groups is 1. The normalized spacial score (nSPS) is 20.2. The molecule has 0 aliphatic carbocycles. The first-order valence-corrected chi connectivity index (χ1v) is 7.51. The van der Waals surface area contributed by atoms with Crippen molar-refractivity contribution in [3.8, 4) is 0 Å². The van der Waals surface area contributed by atoms with Crippen LogP contribution in [0.1, 0.15) is 23.3 Å². The number of carbonyl (C=O) groups is 1. The zero-order valence-corrected chi connectivity index (χ0v) is 12.3. The van der Waals surface area contributed by atoms with Crippen molar-refractivity contribution in [1.82, 2.24) is 9.97 Å². The molecule has 0 amide bonds. The van der Waals surface area contributed by atoms with Gasteiger partial charge in [-0.15, -0.1) is 0 Å². The number of aliphatic hydroxyl groups excluding tert-OH is 1. The molecule has 1 aromatic heterocycles. The van der Waals surface area contributed by atoms with Crippen LogP contribution in [0.3, 0.4) is 0 Å². The number of hydrogen-bond donors (Lipinski definition) is 2. The van der Waals surface area contributed by atoms with Gasteiger partial charge in [0.25, 0.3) is 0 Å². The lowest BCUT2D eigenvalue weighted by molar-refractivity contribution is 0.0690. The topological polar surface area (TPSA) is 99.0 Å². The van der Waals surface area contributed by atoms with E-state index < -0.39 is 5.97 Å². The number of aromatic nitrogens is 2. The second-order valence-corrected chi connectivity index (χ2v) is 5.53. The van der Waals surface area contributed by atoms with Crippen molar-refractivity contribution in [2.75, 3.05) is 49.2 Å². The molecule has 2 aliphatic rings. The molecule has 8 nitrogen and oxygen atoms in total. The second-order valence-electron chi connectivity index (χ2n) is 5.53. The number of carboxylic acid groups (broad SMARTS) is 1. The van der Waals surface area contributed by atoms with E-state index in [1.165, 1.54) is 6.07 Å². The zero-order valence-electron chi connectivity index (χ0n) is 12.3. The van der Waals surface area contributed by atoms with Crippen molar-refractivity contribution in [2.45, 2.75) is 18.9 Å². The Hall–Kier alpha value is -1.93. The van der Waals surface area contributed by atoms with Gasteiger partial charge in [0.15, 0.2) is 5.69 Å². The monoisotopic (exact) mass is 308 g/mol. The molecule has 8 heteroatoms. The predicted molar refractivity (Wildman–Crippen MR) is 79.5 cm³/mol. The molecule has 0 unspecified atom stereocenters. The first kappa shape index (κ1) is 15.0. The first-order chi connectivity index (χ1) is 10.6. The van der Waals surface area contributed by atoms with Gasteiger partial charge >= 0.3 is 5.97 Å². The highest BCUT2D eigenvalue weighted by atomic mass is 16.5. The second kappa shape index (κ2) is 6.45. The van der Waals surface area contributed by atoms with Gasteiger partial charge in [-0.25, -0.2) is 9.78 Å². The van der Waals surface area contributed by atoms with Crippen LogP contribution in [-0.2, 0) is 4.74 Å². The van der Waals surface area contributed by atoms with Gasteiger partial charge in [-0.2, -0.15) is 4.98 Å². The van der Waals surface area contributed by atoms with E-state index >= 15 is 0 Å². The molecule has 2 N–H and O–H groups in total. The Morgan fingerprint density at radius 2 is 1.82 bits per heavy atom. The van der Waals surface area contributed by atoms with Crippen molar-refractivity contribution in [1.29, 1.82) is 0 Å². The molecule has 120 valence electrons. The summed E-state index contributed by atoms with van der Waals surface area (Å²) in [4.78, 5) is 24.0. The van der Waals surface area contributed by atoms with Gasteiger partial charge in [0.05, 0.1) is 19.3 Å². The molecule has 3 rings (SSSR count). The van der Waals surface area contributed by atoms with Crippen LogP contribution >= 0.6 is 0 Å². The minimum atomic E-state index is -1.06. The Balaban J connectivity index is 1.88. The quantitative estimate of drug-likeness (QED) is 0.803. The van der Waals surface area contributed by atoms with E-state index in [1.807, 2.05) is 9.80 Å². The Kier molecular flexibility index (Phi) is 4.39. The zero-order chi connectivity index (χ0) is 15.5. The van der Waals surface area contributed by atoms with E-state index in [0.717, 1.165) is 0 Å². The number of piperidine rings is 1. The molecular formula is C14H20N4O4. The van der Waals surface area contributed by atoms with Gasteiger partial charge in [0, 0.05) is 32.2 Å². The third kappa shape index (κ3) is 3.28. The van der Waals surface area contributed by atoms with Crippen LogP contribution in [0, 0.1) is 0 Å². The molecule has 2 fully saturated rings. The van der Waals surface area contributed by atoms with E-state index in [0.29, 0.717) is 64.0 Å². The maximum Gasteiger partial charge on any atom is 0.354 e. The SMILES string of the molecule is O=C(O)c1cc(N2CCC(O)CC2)nc(N2CCOCC2)n1. The minimum absolute atomic E-state index is 0.00221. The fourth-order valence-corrected chi connectivity index (χ4v) is 2.69. The molecule has 22 heavy (non-hydrogen) atoms. The lowest BCUT2D eigenvalue weighted by Gasteiger charge is -2.32. The Morgan fingerprint density at radius 1 is 1.14 bits per heavy atom. The number of morpholine rings is 1. The summed E-state index contributed by atoms with van der Waals surface area (Å²) in [7, 11) is 0.